The van der Waals surface area contributed by atoms with Crippen LogP contribution in [0.2, 0.25) is 0 Å². The highest BCUT2D eigenvalue weighted by atomic mass is 16.5. The largest absolute Gasteiger partial charge is 0.491 e. The van der Waals surface area contributed by atoms with Crippen molar-refractivity contribution in [2.75, 3.05) is 18.5 Å². The highest BCUT2D eigenvalue weighted by molar-refractivity contribution is 5.90. The number of imidazole rings is 1. The molecule has 1 fully saturated rings. The number of oxazole rings is 1. The molecule has 0 bridgehead atoms. The number of rotatable bonds is 4. The molecule has 1 aliphatic heterocycles. The second kappa shape index (κ2) is 5.89. The first-order valence-corrected chi connectivity index (χ1v) is 9.79. The van der Waals surface area contributed by atoms with Gasteiger partial charge < -0.3 is 19.0 Å². The lowest BCUT2D eigenvalue weighted by atomic mass is 10.2. The van der Waals surface area contributed by atoms with Crippen LogP contribution in [0.5, 0.6) is 5.75 Å². The van der Waals surface area contributed by atoms with Crippen molar-refractivity contribution in [3.8, 4) is 17.1 Å². The minimum atomic E-state index is -0.444. The molecule has 0 spiro atoms. The van der Waals surface area contributed by atoms with Crippen LogP contribution >= 0.6 is 0 Å². The van der Waals surface area contributed by atoms with Crippen LogP contribution in [0, 0.1) is 5.92 Å². The molecule has 0 saturated heterocycles. The summed E-state index contributed by atoms with van der Waals surface area (Å²) in [4.78, 5) is 19.1. The van der Waals surface area contributed by atoms with Crippen LogP contribution in [0.4, 0.5) is 5.69 Å². The van der Waals surface area contributed by atoms with E-state index in [0.717, 1.165) is 59.3 Å². The van der Waals surface area contributed by atoms with Gasteiger partial charge >= 0.3 is 5.76 Å². The molecule has 0 unspecified atom stereocenters. The zero-order valence-corrected chi connectivity index (χ0v) is 15.3. The third-order valence-corrected chi connectivity index (χ3v) is 5.56. The van der Waals surface area contributed by atoms with Gasteiger partial charge in [0.05, 0.1) is 17.6 Å². The zero-order chi connectivity index (χ0) is 18.7. The van der Waals surface area contributed by atoms with Crippen LogP contribution in [0.25, 0.3) is 33.5 Å². The number of fused-ring (bicyclic) bond motifs is 1. The zero-order valence-electron chi connectivity index (χ0n) is 15.3. The third-order valence-electron chi connectivity index (χ3n) is 5.56. The maximum atomic E-state index is 11.5. The summed E-state index contributed by atoms with van der Waals surface area (Å²) in [6.07, 6.45) is 3.55. The molecule has 7 nitrogen and oxygen atoms in total. The summed E-state index contributed by atoms with van der Waals surface area (Å²) < 4.78 is 13.5. The van der Waals surface area contributed by atoms with Crippen molar-refractivity contribution in [2.24, 2.45) is 5.92 Å². The summed E-state index contributed by atoms with van der Waals surface area (Å²) in [5.74, 6) is 2.10. The molecule has 1 saturated carbocycles. The number of aryl methyl sites for hydroxylation is 1. The quantitative estimate of drug-likeness (QED) is 0.567. The SMILES string of the molecule is O=c1[nH]c2ccc(-c3nc4cc(NCC5CC5)cc5c4n3CCCO5)cc2o1. The summed E-state index contributed by atoms with van der Waals surface area (Å²) in [5, 5.41) is 3.53. The van der Waals surface area contributed by atoms with E-state index in [1.54, 1.807) is 0 Å². The number of aromatic amines is 1. The second-order valence-corrected chi connectivity index (χ2v) is 7.68. The van der Waals surface area contributed by atoms with Crippen molar-refractivity contribution in [3.05, 3.63) is 40.9 Å². The fourth-order valence-electron chi connectivity index (χ4n) is 3.95. The number of anilines is 1. The Labute approximate surface area is 160 Å². The van der Waals surface area contributed by atoms with Crippen molar-refractivity contribution in [1.82, 2.24) is 14.5 Å². The van der Waals surface area contributed by atoms with E-state index in [0.29, 0.717) is 17.7 Å². The van der Waals surface area contributed by atoms with Crippen molar-refractivity contribution >= 4 is 27.8 Å². The normalized spacial score (nSPS) is 16.3. The lowest BCUT2D eigenvalue weighted by Crippen LogP contribution is -2.03. The molecule has 1 aliphatic carbocycles. The second-order valence-electron chi connectivity index (χ2n) is 7.68. The van der Waals surface area contributed by atoms with Crippen molar-refractivity contribution in [2.45, 2.75) is 25.8 Å². The van der Waals surface area contributed by atoms with Gasteiger partial charge in [-0.05, 0) is 49.4 Å². The molecule has 0 radical (unpaired) electrons. The number of H-pyrrole nitrogens is 1. The molecule has 4 aromatic rings. The van der Waals surface area contributed by atoms with E-state index in [4.69, 9.17) is 14.1 Å². The number of benzene rings is 2. The number of hydrogen-bond donors (Lipinski definition) is 2. The maximum Gasteiger partial charge on any atom is 0.417 e. The maximum absolute atomic E-state index is 11.5. The molecule has 0 amide bonds. The molecule has 2 aromatic heterocycles. The lowest BCUT2D eigenvalue weighted by Gasteiger charge is -2.10. The van der Waals surface area contributed by atoms with E-state index in [9.17, 15) is 4.79 Å². The first kappa shape index (κ1) is 15.8. The number of nitrogens with one attached hydrogen (secondary N) is 2. The van der Waals surface area contributed by atoms with Crippen LogP contribution in [-0.4, -0.2) is 27.7 Å². The van der Waals surface area contributed by atoms with Crippen molar-refractivity contribution in [1.29, 1.82) is 0 Å². The van der Waals surface area contributed by atoms with Crippen LogP contribution in [0.1, 0.15) is 19.3 Å². The van der Waals surface area contributed by atoms with E-state index in [-0.39, 0.29) is 0 Å². The number of nitrogens with zero attached hydrogens (tertiary/aromatic N) is 2. The average molecular weight is 376 g/mol. The topological polar surface area (TPSA) is 85.1 Å². The Morgan fingerprint density at radius 1 is 1.25 bits per heavy atom. The first-order valence-electron chi connectivity index (χ1n) is 9.79. The Morgan fingerprint density at radius 3 is 3.07 bits per heavy atom. The Hall–Kier alpha value is -3.22. The van der Waals surface area contributed by atoms with Gasteiger partial charge in [-0.15, -0.1) is 0 Å². The molecular weight excluding hydrogens is 356 g/mol. The molecule has 2 aliphatic rings. The van der Waals surface area contributed by atoms with Crippen LogP contribution in [-0.2, 0) is 6.54 Å². The summed E-state index contributed by atoms with van der Waals surface area (Å²) in [5.41, 5.74) is 5.16. The molecule has 28 heavy (non-hydrogen) atoms. The Balaban J connectivity index is 1.50. The smallest absolute Gasteiger partial charge is 0.417 e. The van der Waals surface area contributed by atoms with E-state index in [1.165, 1.54) is 12.8 Å². The Morgan fingerprint density at radius 2 is 2.18 bits per heavy atom. The van der Waals surface area contributed by atoms with Gasteiger partial charge in [-0.1, -0.05) is 0 Å². The highest BCUT2D eigenvalue weighted by Gasteiger charge is 2.23. The molecule has 2 aromatic carbocycles. The molecule has 0 atom stereocenters. The van der Waals surface area contributed by atoms with E-state index in [2.05, 4.69) is 27.0 Å². The molecule has 7 heteroatoms. The highest BCUT2D eigenvalue weighted by Crippen LogP contribution is 2.37. The van der Waals surface area contributed by atoms with E-state index >= 15 is 0 Å². The predicted molar refractivity (Wildman–Crippen MR) is 107 cm³/mol. The molecule has 6 rings (SSSR count). The summed E-state index contributed by atoms with van der Waals surface area (Å²) in [6, 6.07) is 9.89. The summed E-state index contributed by atoms with van der Waals surface area (Å²) in [6.45, 7) is 2.53. The van der Waals surface area contributed by atoms with Gasteiger partial charge in [0.25, 0.3) is 0 Å². The minimum Gasteiger partial charge on any atom is -0.491 e. The predicted octanol–water partition coefficient (Wildman–Crippen LogP) is 3.74. The Bertz CT molecular complexity index is 1260. The van der Waals surface area contributed by atoms with Gasteiger partial charge in [0.15, 0.2) is 5.58 Å². The molecule has 3 heterocycles. The summed E-state index contributed by atoms with van der Waals surface area (Å²) >= 11 is 0. The van der Waals surface area contributed by atoms with Gasteiger partial charge in [0.1, 0.15) is 17.1 Å². The molecular formula is C21H20N4O3. The fraction of sp³-hybridized carbons (Fsp3) is 0.333. The van der Waals surface area contributed by atoms with Crippen LogP contribution in [0.3, 0.4) is 0 Å². The van der Waals surface area contributed by atoms with E-state index < -0.39 is 5.76 Å². The number of hydrogen-bond acceptors (Lipinski definition) is 5. The standard InChI is InChI=1S/C21H20N4O3/c26-21-24-15-5-4-13(8-17(15)28-21)20-23-16-9-14(22-11-12-2-3-12)10-18-19(16)25(20)6-1-7-27-18/h4-5,8-10,12,22H,1-3,6-7,11H2,(H,24,26). The van der Waals surface area contributed by atoms with Gasteiger partial charge in [-0.2, -0.15) is 0 Å². The van der Waals surface area contributed by atoms with Crippen molar-refractivity contribution in [3.63, 3.8) is 0 Å². The average Bonchev–Trinajstić information content (AvgIpc) is 3.39. The van der Waals surface area contributed by atoms with Gasteiger partial charge in [-0.25, -0.2) is 9.78 Å². The van der Waals surface area contributed by atoms with Crippen LogP contribution in [0.15, 0.2) is 39.5 Å². The van der Waals surface area contributed by atoms with E-state index in [1.807, 2.05) is 18.2 Å². The monoisotopic (exact) mass is 376 g/mol. The van der Waals surface area contributed by atoms with Gasteiger partial charge in [-0.3, -0.25) is 4.98 Å². The lowest BCUT2D eigenvalue weighted by molar-refractivity contribution is 0.316. The fourth-order valence-corrected chi connectivity index (χ4v) is 3.95. The first-order chi connectivity index (χ1) is 13.7. The number of aromatic nitrogens is 3. The minimum absolute atomic E-state index is 0.444. The molecule has 2 N–H and O–H groups in total. The Kier molecular flexibility index (Phi) is 3.32. The van der Waals surface area contributed by atoms with Gasteiger partial charge in [0, 0.05) is 30.4 Å². The molecule has 142 valence electrons. The third kappa shape index (κ3) is 2.58. The van der Waals surface area contributed by atoms with Crippen LogP contribution < -0.4 is 15.8 Å². The number of ether oxygens (including phenoxy) is 1. The summed E-state index contributed by atoms with van der Waals surface area (Å²) in [7, 11) is 0. The van der Waals surface area contributed by atoms with Crippen molar-refractivity contribution < 1.29 is 9.15 Å². The van der Waals surface area contributed by atoms with Gasteiger partial charge in [0.2, 0.25) is 0 Å².